The maximum absolute atomic E-state index is 12.2. The van der Waals surface area contributed by atoms with E-state index in [2.05, 4.69) is 5.32 Å². The minimum atomic E-state index is -3.37. The van der Waals surface area contributed by atoms with Gasteiger partial charge in [0.1, 0.15) is 5.75 Å². The van der Waals surface area contributed by atoms with Gasteiger partial charge in [-0.25, -0.2) is 8.42 Å². The molecule has 1 aromatic carbocycles. The zero-order valence-corrected chi connectivity index (χ0v) is 14.6. The summed E-state index contributed by atoms with van der Waals surface area (Å²) in [7, 11) is -3.37. The summed E-state index contributed by atoms with van der Waals surface area (Å²) >= 11 is 0. The molecule has 0 radical (unpaired) electrons. The van der Waals surface area contributed by atoms with Gasteiger partial charge in [-0.15, -0.1) is 0 Å². The van der Waals surface area contributed by atoms with Crippen molar-refractivity contribution in [3.8, 4) is 5.75 Å². The Bertz CT molecular complexity index is 621. The molecule has 134 valence electrons. The molecule has 1 aliphatic rings. The fraction of sp³-hybridized carbons (Fsp3) is 0.562. The number of carbonyl (C=O) groups excluding carboxylic acids is 1. The van der Waals surface area contributed by atoms with Gasteiger partial charge in [-0.05, 0) is 19.1 Å². The van der Waals surface area contributed by atoms with Crippen LogP contribution in [0.2, 0.25) is 0 Å². The molecule has 1 N–H and O–H groups in total. The molecular formula is C16H24N2O5S. The van der Waals surface area contributed by atoms with Gasteiger partial charge in [0.05, 0.1) is 31.5 Å². The summed E-state index contributed by atoms with van der Waals surface area (Å²) in [4.78, 5) is 11.7. The summed E-state index contributed by atoms with van der Waals surface area (Å²) < 4.78 is 36.6. The van der Waals surface area contributed by atoms with Crippen molar-refractivity contribution >= 4 is 15.9 Å². The highest BCUT2D eigenvalue weighted by Crippen LogP contribution is 2.10. The maximum atomic E-state index is 12.2. The Balaban J connectivity index is 1.64. The lowest BCUT2D eigenvalue weighted by Crippen LogP contribution is -2.46. The van der Waals surface area contributed by atoms with Crippen LogP contribution in [0.4, 0.5) is 0 Å². The van der Waals surface area contributed by atoms with Crippen molar-refractivity contribution in [3.63, 3.8) is 0 Å². The van der Waals surface area contributed by atoms with E-state index in [4.69, 9.17) is 9.47 Å². The number of ether oxygens (including phenoxy) is 2. The molecule has 1 unspecified atom stereocenters. The second-order valence-corrected chi connectivity index (χ2v) is 7.71. The first-order chi connectivity index (χ1) is 11.5. The van der Waals surface area contributed by atoms with Gasteiger partial charge in [0.2, 0.25) is 15.9 Å². The zero-order chi connectivity index (χ0) is 17.4. The van der Waals surface area contributed by atoms with Crippen LogP contribution in [-0.4, -0.2) is 63.3 Å². The molecule has 1 saturated heterocycles. The molecule has 0 aliphatic carbocycles. The first-order valence-electron chi connectivity index (χ1n) is 8.01. The monoisotopic (exact) mass is 356 g/mol. The van der Waals surface area contributed by atoms with Gasteiger partial charge >= 0.3 is 0 Å². The molecule has 0 saturated carbocycles. The van der Waals surface area contributed by atoms with Crippen molar-refractivity contribution < 1.29 is 22.7 Å². The number of amides is 1. The number of rotatable bonds is 8. The number of hydrogen-bond acceptors (Lipinski definition) is 5. The summed E-state index contributed by atoms with van der Waals surface area (Å²) in [6, 6.07) is 9.22. The van der Waals surface area contributed by atoms with E-state index >= 15 is 0 Å². The summed E-state index contributed by atoms with van der Waals surface area (Å²) in [6.45, 7) is 3.33. The van der Waals surface area contributed by atoms with E-state index in [0.29, 0.717) is 25.4 Å². The number of hydrogen-bond donors (Lipinski definition) is 1. The molecule has 24 heavy (non-hydrogen) atoms. The fourth-order valence-corrected chi connectivity index (χ4v) is 3.76. The van der Waals surface area contributed by atoms with Crippen LogP contribution < -0.4 is 10.1 Å². The van der Waals surface area contributed by atoms with E-state index in [1.807, 2.05) is 37.3 Å². The van der Waals surface area contributed by atoms with Gasteiger partial charge in [0.25, 0.3) is 0 Å². The third kappa shape index (κ3) is 6.10. The van der Waals surface area contributed by atoms with Crippen molar-refractivity contribution in [1.29, 1.82) is 0 Å². The standard InChI is InChI=1S/C16H24N2O5S/c1-14-13-18(9-11-22-14)24(20,21)12-8-17-16(19)7-10-23-15-5-3-2-4-6-15/h2-6,14H,7-13H2,1H3,(H,17,19). The smallest absolute Gasteiger partial charge is 0.223 e. The molecule has 1 amide bonds. The summed E-state index contributed by atoms with van der Waals surface area (Å²) in [5.74, 6) is 0.371. The topological polar surface area (TPSA) is 84.9 Å². The van der Waals surface area contributed by atoms with Crippen LogP contribution >= 0.6 is 0 Å². The van der Waals surface area contributed by atoms with Crippen molar-refractivity contribution in [1.82, 2.24) is 9.62 Å². The third-order valence-electron chi connectivity index (χ3n) is 3.62. The van der Waals surface area contributed by atoms with Gasteiger partial charge in [-0.2, -0.15) is 4.31 Å². The molecule has 1 aromatic rings. The van der Waals surface area contributed by atoms with Crippen LogP contribution in [0.3, 0.4) is 0 Å². The minimum absolute atomic E-state index is 0.0955. The molecular weight excluding hydrogens is 332 g/mol. The van der Waals surface area contributed by atoms with E-state index in [1.165, 1.54) is 4.31 Å². The van der Waals surface area contributed by atoms with E-state index in [0.717, 1.165) is 0 Å². The summed E-state index contributed by atoms with van der Waals surface area (Å²) in [5, 5.41) is 2.62. The van der Waals surface area contributed by atoms with Crippen LogP contribution in [0.15, 0.2) is 30.3 Å². The number of morpholine rings is 1. The largest absolute Gasteiger partial charge is 0.493 e. The Morgan fingerprint density at radius 2 is 2.12 bits per heavy atom. The predicted octanol–water partition coefficient (Wildman–Crippen LogP) is 0.622. The van der Waals surface area contributed by atoms with E-state index in [1.54, 1.807) is 0 Å². The Kier molecular flexibility index (Phi) is 7.01. The maximum Gasteiger partial charge on any atom is 0.223 e. The van der Waals surface area contributed by atoms with Gasteiger partial charge in [0, 0.05) is 19.6 Å². The molecule has 1 fully saturated rings. The first kappa shape index (κ1) is 18.7. The van der Waals surface area contributed by atoms with Crippen LogP contribution in [-0.2, 0) is 19.6 Å². The lowest BCUT2D eigenvalue weighted by Gasteiger charge is -2.30. The average Bonchev–Trinajstić information content (AvgIpc) is 2.56. The SMILES string of the molecule is CC1CN(S(=O)(=O)CCNC(=O)CCOc2ccccc2)CCO1. The second kappa shape index (κ2) is 9.00. The van der Waals surface area contributed by atoms with E-state index in [-0.39, 0.29) is 37.3 Å². The second-order valence-electron chi connectivity index (χ2n) is 5.62. The van der Waals surface area contributed by atoms with Crippen LogP contribution in [0.25, 0.3) is 0 Å². The number of sulfonamides is 1. The van der Waals surface area contributed by atoms with Crippen molar-refractivity contribution in [3.05, 3.63) is 30.3 Å². The van der Waals surface area contributed by atoms with Gasteiger partial charge in [-0.1, -0.05) is 18.2 Å². The lowest BCUT2D eigenvalue weighted by atomic mass is 10.3. The van der Waals surface area contributed by atoms with E-state index in [9.17, 15) is 13.2 Å². The highest BCUT2D eigenvalue weighted by molar-refractivity contribution is 7.89. The lowest BCUT2D eigenvalue weighted by molar-refractivity contribution is -0.121. The first-order valence-corrected chi connectivity index (χ1v) is 9.62. The molecule has 1 aliphatic heterocycles. The highest BCUT2D eigenvalue weighted by atomic mass is 32.2. The molecule has 8 heteroatoms. The van der Waals surface area contributed by atoms with Gasteiger partial charge in [0.15, 0.2) is 0 Å². The molecule has 0 aromatic heterocycles. The predicted molar refractivity (Wildman–Crippen MR) is 90.3 cm³/mol. The summed E-state index contributed by atoms with van der Waals surface area (Å²) in [5.41, 5.74) is 0. The molecule has 0 spiro atoms. The third-order valence-corrected chi connectivity index (χ3v) is 5.46. The van der Waals surface area contributed by atoms with Gasteiger partial charge < -0.3 is 14.8 Å². The van der Waals surface area contributed by atoms with Crippen molar-refractivity contribution in [2.45, 2.75) is 19.4 Å². The zero-order valence-electron chi connectivity index (χ0n) is 13.8. The Morgan fingerprint density at radius 3 is 2.83 bits per heavy atom. The number of carbonyl (C=O) groups is 1. The Labute approximate surface area is 143 Å². The number of nitrogens with zero attached hydrogens (tertiary/aromatic N) is 1. The van der Waals surface area contributed by atoms with Crippen LogP contribution in [0.1, 0.15) is 13.3 Å². The molecule has 2 rings (SSSR count). The molecule has 0 bridgehead atoms. The number of nitrogens with one attached hydrogen (secondary N) is 1. The number of benzene rings is 1. The Morgan fingerprint density at radius 1 is 1.38 bits per heavy atom. The minimum Gasteiger partial charge on any atom is -0.493 e. The van der Waals surface area contributed by atoms with Crippen LogP contribution in [0.5, 0.6) is 5.75 Å². The molecule has 1 heterocycles. The van der Waals surface area contributed by atoms with E-state index < -0.39 is 10.0 Å². The van der Waals surface area contributed by atoms with Crippen molar-refractivity contribution in [2.24, 2.45) is 0 Å². The van der Waals surface area contributed by atoms with Crippen molar-refractivity contribution in [2.75, 3.05) is 38.6 Å². The van der Waals surface area contributed by atoms with Crippen LogP contribution in [0, 0.1) is 0 Å². The fourth-order valence-electron chi connectivity index (χ4n) is 2.35. The average molecular weight is 356 g/mol. The summed E-state index contributed by atoms with van der Waals surface area (Å²) in [6.07, 6.45) is 0.0852. The Hall–Kier alpha value is -1.64. The molecule has 1 atom stereocenters. The van der Waals surface area contributed by atoms with Gasteiger partial charge in [-0.3, -0.25) is 4.79 Å². The highest BCUT2D eigenvalue weighted by Gasteiger charge is 2.27. The molecule has 7 nitrogen and oxygen atoms in total. The quantitative estimate of drug-likeness (QED) is 0.738. The number of para-hydroxylation sites is 1. The normalized spacial score (nSPS) is 19.0.